The highest BCUT2D eigenvalue weighted by Gasteiger charge is 2.23. The third-order valence-corrected chi connectivity index (χ3v) is 4.16. The van der Waals surface area contributed by atoms with Crippen LogP contribution in [0.3, 0.4) is 0 Å². The molecule has 0 bridgehead atoms. The van der Waals surface area contributed by atoms with Crippen molar-refractivity contribution < 1.29 is 4.92 Å². The van der Waals surface area contributed by atoms with E-state index in [0.29, 0.717) is 4.34 Å². The number of hydrogen-bond donors (Lipinski definition) is 3. The first-order valence-electron chi connectivity index (χ1n) is 5.93. The van der Waals surface area contributed by atoms with Crippen LogP contribution in [0.1, 0.15) is 23.5 Å². The molecule has 10 heteroatoms. The average molecular weight is 329 g/mol. The summed E-state index contributed by atoms with van der Waals surface area (Å²) in [7, 11) is 0. The zero-order valence-corrected chi connectivity index (χ0v) is 12.8. The van der Waals surface area contributed by atoms with E-state index in [9.17, 15) is 10.1 Å². The van der Waals surface area contributed by atoms with Gasteiger partial charge in [-0.05, 0) is 26.0 Å². The Bertz CT molecular complexity index is 677. The van der Waals surface area contributed by atoms with E-state index in [4.69, 9.17) is 17.4 Å². The quantitative estimate of drug-likeness (QED) is 0.438. The number of hydrazine groups is 1. The van der Waals surface area contributed by atoms with Crippen LogP contribution in [0.25, 0.3) is 0 Å². The number of aromatic nitrogens is 2. The smallest absolute Gasteiger partial charge is 0.332 e. The van der Waals surface area contributed by atoms with Gasteiger partial charge in [-0.1, -0.05) is 11.6 Å². The maximum atomic E-state index is 11.2. The number of hydrogen-bond acceptors (Lipinski definition) is 8. The molecule has 2 heterocycles. The number of nitrogens with zero attached hydrogens (tertiary/aromatic N) is 3. The van der Waals surface area contributed by atoms with Crippen LogP contribution in [0.2, 0.25) is 4.34 Å². The normalized spacial score (nSPS) is 12.0. The third-order valence-electron chi connectivity index (χ3n) is 2.74. The Labute approximate surface area is 129 Å². The second-order valence-electron chi connectivity index (χ2n) is 4.24. The van der Waals surface area contributed by atoms with Gasteiger partial charge in [-0.3, -0.25) is 15.5 Å². The highest BCUT2D eigenvalue weighted by Crippen LogP contribution is 2.32. The van der Waals surface area contributed by atoms with Crippen LogP contribution in [0.4, 0.5) is 17.5 Å². The first-order chi connectivity index (χ1) is 9.92. The Morgan fingerprint density at radius 1 is 1.48 bits per heavy atom. The fraction of sp³-hybridized carbons (Fsp3) is 0.273. The molecule has 0 aliphatic heterocycles. The third kappa shape index (κ3) is 3.38. The second-order valence-corrected chi connectivity index (χ2v) is 5.99. The first kappa shape index (κ1) is 15.4. The number of nitrogens with two attached hydrogens (primary N) is 1. The number of nitrogens with one attached hydrogen (secondary N) is 2. The second kappa shape index (κ2) is 6.20. The van der Waals surface area contributed by atoms with Gasteiger partial charge in [-0.15, -0.1) is 11.3 Å². The Morgan fingerprint density at radius 3 is 2.71 bits per heavy atom. The van der Waals surface area contributed by atoms with Crippen LogP contribution in [-0.4, -0.2) is 14.9 Å². The summed E-state index contributed by atoms with van der Waals surface area (Å²) in [4.78, 5) is 19.5. The summed E-state index contributed by atoms with van der Waals surface area (Å²) in [6.07, 6.45) is 0. The van der Waals surface area contributed by atoms with Crippen molar-refractivity contribution in [3.05, 3.63) is 37.2 Å². The number of rotatable bonds is 5. The Balaban J connectivity index is 2.37. The molecule has 2 aromatic rings. The molecule has 2 aromatic heterocycles. The summed E-state index contributed by atoms with van der Waals surface area (Å²) in [5.41, 5.74) is 2.33. The van der Waals surface area contributed by atoms with Crippen molar-refractivity contribution in [1.82, 2.24) is 9.97 Å². The van der Waals surface area contributed by atoms with E-state index < -0.39 is 4.92 Å². The van der Waals surface area contributed by atoms with Crippen LogP contribution >= 0.6 is 22.9 Å². The fourth-order valence-electron chi connectivity index (χ4n) is 1.79. The molecular weight excluding hydrogens is 316 g/mol. The van der Waals surface area contributed by atoms with E-state index >= 15 is 0 Å². The van der Waals surface area contributed by atoms with Gasteiger partial charge in [0.15, 0.2) is 0 Å². The van der Waals surface area contributed by atoms with Crippen LogP contribution in [-0.2, 0) is 0 Å². The van der Waals surface area contributed by atoms with Crippen LogP contribution in [0.15, 0.2) is 12.1 Å². The Hall–Kier alpha value is -1.97. The van der Waals surface area contributed by atoms with Gasteiger partial charge in [0.05, 0.1) is 15.3 Å². The van der Waals surface area contributed by atoms with Gasteiger partial charge in [0.2, 0.25) is 11.8 Å². The van der Waals surface area contributed by atoms with Crippen molar-refractivity contribution in [3.63, 3.8) is 0 Å². The molecule has 0 aliphatic carbocycles. The van der Waals surface area contributed by atoms with E-state index in [1.165, 1.54) is 18.3 Å². The van der Waals surface area contributed by atoms with Crippen molar-refractivity contribution >= 4 is 40.4 Å². The minimum Gasteiger partial charge on any atom is -0.357 e. The summed E-state index contributed by atoms with van der Waals surface area (Å²) in [5, 5.41) is 14.2. The molecule has 0 aliphatic rings. The highest BCUT2D eigenvalue weighted by molar-refractivity contribution is 7.16. The molecule has 8 nitrogen and oxygen atoms in total. The lowest BCUT2D eigenvalue weighted by Gasteiger charge is -2.14. The number of halogens is 1. The average Bonchev–Trinajstić information content (AvgIpc) is 2.84. The van der Waals surface area contributed by atoms with Crippen LogP contribution in [0, 0.1) is 17.0 Å². The summed E-state index contributed by atoms with van der Waals surface area (Å²) in [6, 6.07) is 3.43. The van der Waals surface area contributed by atoms with E-state index in [-0.39, 0.29) is 29.2 Å². The molecule has 112 valence electrons. The molecule has 1 unspecified atom stereocenters. The topological polar surface area (TPSA) is 119 Å². The number of nitro groups is 1. The summed E-state index contributed by atoms with van der Waals surface area (Å²) in [5.74, 6) is 5.49. The molecule has 0 saturated carbocycles. The molecule has 0 aromatic carbocycles. The predicted octanol–water partition coefficient (Wildman–Crippen LogP) is 2.87. The first-order valence-corrected chi connectivity index (χ1v) is 7.13. The monoisotopic (exact) mass is 328 g/mol. The number of thiophene rings is 1. The van der Waals surface area contributed by atoms with E-state index in [2.05, 4.69) is 20.7 Å². The zero-order chi connectivity index (χ0) is 15.6. The lowest BCUT2D eigenvalue weighted by atomic mass is 10.2. The van der Waals surface area contributed by atoms with Gasteiger partial charge >= 0.3 is 5.69 Å². The Kier molecular flexibility index (Phi) is 4.56. The Morgan fingerprint density at radius 2 is 2.19 bits per heavy atom. The van der Waals surface area contributed by atoms with Gasteiger partial charge < -0.3 is 5.32 Å². The van der Waals surface area contributed by atoms with Crippen LogP contribution in [0.5, 0.6) is 0 Å². The molecule has 0 fully saturated rings. The maximum absolute atomic E-state index is 11.2. The van der Waals surface area contributed by atoms with Crippen molar-refractivity contribution in [2.24, 2.45) is 5.84 Å². The van der Waals surface area contributed by atoms with E-state index in [1.54, 1.807) is 6.07 Å². The standard InChI is InChI=1S/C11H13ClN6O2S/c1-5(7-3-4-8(12)21-7)14-10-9(18(19)20)6(2)15-11(16-10)17-13/h3-5H,13H2,1-2H3,(H2,14,15,16,17). The number of nitrogen functional groups attached to an aromatic ring is 1. The van der Waals surface area contributed by atoms with Gasteiger partial charge in [-0.25, -0.2) is 10.8 Å². The minimum absolute atomic E-state index is 0.108. The lowest BCUT2D eigenvalue weighted by Crippen LogP contribution is -2.15. The molecule has 0 radical (unpaired) electrons. The van der Waals surface area contributed by atoms with Gasteiger partial charge in [0.1, 0.15) is 5.69 Å². The van der Waals surface area contributed by atoms with Crippen molar-refractivity contribution in [3.8, 4) is 0 Å². The van der Waals surface area contributed by atoms with Crippen molar-refractivity contribution in [2.75, 3.05) is 10.7 Å². The van der Waals surface area contributed by atoms with Gasteiger partial charge in [-0.2, -0.15) is 4.98 Å². The van der Waals surface area contributed by atoms with Gasteiger partial charge in [0.25, 0.3) is 0 Å². The number of aryl methyl sites for hydroxylation is 1. The molecule has 0 spiro atoms. The highest BCUT2D eigenvalue weighted by atomic mass is 35.5. The SMILES string of the molecule is Cc1nc(NN)nc(NC(C)c2ccc(Cl)s2)c1[N+](=O)[O-]. The molecular formula is C11H13ClN6O2S. The largest absolute Gasteiger partial charge is 0.357 e. The van der Waals surface area contributed by atoms with Crippen LogP contribution < -0.4 is 16.6 Å². The van der Waals surface area contributed by atoms with E-state index in [1.807, 2.05) is 13.0 Å². The lowest BCUT2D eigenvalue weighted by molar-refractivity contribution is -0.385. The zero-order valence-electron chi connectivity index (χ0n) is 11.3. The van der Waals surface area contributed by atoms with Gasteiger partial charge in [0, 0.05) is 4.88 Å². The molecule has 4 N–H and O–H groups in total. The summed E-state index contributed by atoms with van der Waals surface area (Å²) >= 11 is 7.29. The molecule has 1 atom stereocenters. The predicted molar refractivity (Wildman–Crippen MR) is 82.6 cm³/mol. The van der Waals surface area contributed by atoms with Crippen molar-refractivity contribution in [2.45, 2.75) is 19.9 Å². The molecule has 21 heavy (non-hydrogen) atoms. The van der Waals surface area contributed by atoms with Crippen molar-refractivity contribution in [1.29, 1.82) is 0 Å². The maximum Gasteiger partial charge on any atom is 0.332 e. The fourth-order valence-corrected chi connectivity index (χ4v) is 2.85. The molecule has 0 amide bonds. The molecule has 2 rings (SSSR count). The molecule has 0 saturated heterocycles. The summed E-state index contributed by atoms with van der Waals surface area (Å²) in [6.45, 7) is 3.39. The van der Waals surface area contributed by atoms with E-state index in [0.717, 1.165) is 4.88 Å². The summed E-state index contributed by atoms with van der Waals surface area (Å²) < 4.78 is 0.649. The number of anilines is 2. The minimum atomic E-state index is -0.522.